The van der Waals surface area contributed by atoms with Gasteiger partial charge in [-0.25, -0.2) is 0 Å². The molecule has 1 aromatic heterocycles. The first-order valence-electron chi connectivity index (χ1n) is 10.4. The molecule has 7 nitrogen and oxygen atoms in total. The molecule has 0 unspecified atom stereocenters. The number of aromatic nitrogens is 1. The zero-order chi connectivity index (χ0) is 22.5. The van der Waals surface area contributed by atoms with Crippen LogP contribution in [0.5, 0.6) is 11.5 Å². The number of carbonyl (C=O) groups is 1. The molecule has 1 aliphatic heterocycles. The van der Waals surface area contributed by atoms with E-state index in [2.05, 4.69) is 5.16 Å². The lowest BCUT2D eigenvalue weighted by molar-refractivity contribution is 0.0502. The van der Waals surface area contributed by atoms with Crippen LogP contribution in [0.4, 0.5) is 0 Å². The number of hydrogen-bond acceptors (Lipinski definition) is 6. The van der Waals surface area contributed by atoms with Crippen LogP contribution in [-0.4, -0.2) is 49.4 Å². The second-order valence-corrected chi connectivity index (χ2v) is 8.01. The van der Waals surface area contributed by atoms with Crippen LogP contribution >= 0.6 is 11.6 Å². The van der Waals surface area contributed by atoms with Crippen LogP contribution < -0.4 is 9.47 Å². The standard InChI is InChI=1S/C24H25ClN2O5/c1-29-19-9-10-22(30-2)21(13-19)23-12-18(26-32-23)14-27(15-20-4-3-11-31-20)24(28)16-5-7-17(25)8-6-16/h5-10,12-13,20H,3-4,11,14-15H2,1-2H3/t20-/m1/s1. The summed E-state index contributed by atoms with van der Waals surface area (Å²) in [7, 11) is 3.19. The molecule has 1 saturated heterocycles. The van der Waals surface area contributed by atoms with Crippen LogP contribution in [-0.2, 0) is 11.3 Å². The molecule has 1 atom stereocenters. The van der Waals surface area contributed by atoms with Crippen LogP contribution in [0.25, 0.3) is 11.3 Å². The maximum absolute atomic E-state index is 13.2. The van der Waals surface area contributed by atoms with Gasteiger partial charge in [0.15, 0.2) is 5.76 Å². The van der Waals surface area contributed by atoms with Crippen molar-refractivity contribution in [2.24, 2.45) is 0 Å². The lowest BCUT2D eigenvalue weighted by Crippen LogP contribution is -2.37. The third kappa shape index (κ3) is 5.06. The Morgan fingerprint density at radius 3 is 2.66 bits per heavy atom. The fourth-order valence-corrected chi connectivity index (χ4v) is 3.87. The predicted molar refractivity (Wildman–Crippen MR) is 120 cm³/mol. The summed E-state index contributed by atoms with van der Waals surface area (Å²) in [5.41, 5.74) is 1.91. The monoisotopic (exact) mass is 456 g/mol. The Bertz CT molecular complexity index is 1060. The Hall–Kier alpha value is -3.03. The van der Waals surface area contributed by atoms with Gasteiger partial charge in [0.25, 0.3) is 5.91 Å². The maximum atomic E-state index is 13.2. The van der Waals surface area contributed by atoms with Crippen LogP contribution in [0.1, 0.15) is 28.9 Å². The van der Waals surface area contributed by atoms with Gasteiger partial charge in [-0.3, -0.25) is 4.79 Å². The highest BCUT2D eigenvalue weighted by Crippen LogP contribution is 2.34. The lowest BCUT2D eigenvalue weighted by Gasteiger charge is -2.24. The average molecular weight is 457 g/mol. The van der Waals surface area contributed by atoms with Gasteiger partial charge in [-0.2, -0.15) is 0 Å². The van der Waals surface area contributed by atoms with Crippen molar-refractivity contribution >= 4 is 17.5 Å². The average Bonchev–Trinajstić information content (AvgIpc) is 3.50. The van der Waals surface area contributed by atoms with Gasteiger partial charge in [0.05, 0.1) is 32.4 Å². The molecule has 0 aliphatic carbocycles. The van der Waals surface area contributed by atoms with E-state index in [1.165, 1.54) is 0 Å². The topological polar surface area (TPSA) is 74.0 Å². The maximum Gasteiger partial charge on any atom is 0.254 e. The van der Waals surface area contributed by atoms with E-state index in [0.717, 1.165) is 25.0 Å². The molecule has 32 heavy (non-hydrogen) atoms. The second kappa shape index (κ2) is 10.1. The molecule has 0 bridgehead atoms. The second-order valence-electron chi connectivity index (χ2n) is 7.58. The van der Waals surface area contributed by atoms with E-state index in [-0.39, 0.29) is 18.6 Å². The minimum Gasteiger partial charge on any atom is -0.497 e. The number of amides is 1. The van der Waals surface area contributed by atoms with Gasteiger partial charge in [0, 0.05) is 29.8 Å². The van der Waals surface area contributed by atoms with Crippen LogP contribution in [0.15, 0.2) is 53.1 Å². The molecule has 1 fully saturated rings. The molecule has 0 saturated carbocycles. The fourth-order valence-electron chi connectivity index (χ4n) is 3.74. The van der Waals surface area contributed by atoms with Crippen LogP contribution in [0.2, 0.25) is 5.02 Å². The Kier molecular flexibility index (Phi) is 6.97. The van der Waals surface area contributed by atoms with E-state index < -0.39 is 0 Å². The van der Waals surface area contributed by atoms with E-state index in [9.17, 15) is 4.79 Å². The van der Waals surface area contributed by atoms with Gasteiger partial charge in [0.2, 0.25) is 0 Å². The summed E-state index contributed by atoms with van der Waals surface area (Å²) in [6.45, 7) is 1.49. The third-order valence-corrected chi connectivity index (χ3v) is 5.66. The largest absolute Gasteiger partial charge is 0.497 e. The molecular formula is C24H25ClN2O5. The molecule has 2 heterocycles. The van der Waals surface area contributed by atoms with Crippen molar-refractivity contribution < 1.29 is 23.5 Å². The number of benzene rings is 2. The molecule has 8 heteroatoms. The number of carbonyl (C=O) groups excluding carboxylic acids is 1. The molecule has 3 aromatic rings. The number of ether oxygens (including phenoxy) is 3. The quantitative estimate of drug-likeness (QED) is 0.483. The SMILES string of the molecule is COc1ccc(OC)c(-c2cc(CN(C[C@H]3CCCO3)C(=O)c3ccc(Cl)cc3)no2)c1. The van der Waals surface area contributed by atoms with Gasteiger partial charge in [-0.05, 0) is 55.3 Å². The number of hydrogen-bond donors (Lipinski definition) is 0. The molecular weight excluding hydrogens is 432 g/mol. The minimum absolute atomic E-state index is 0.0103. The third-order valence-electron chi connectivity index (χ3n) is 5.41. The Morgan fingerprint density at radius 1 is 1.16 bits per heavy atom. The zero-order valence-electron chi connectivity index (χ0n) is 18.0. The van der Waals surface area contributed by atoms with Crippen LogP contribution in [0, 0.1) is 0 Å². The number of nitrogens with zero attached hydrogens (tertiary/aromatic N) is 2. The summed E-state index contributed by atoms with van der Waals surface area (Å²) in [5.74, 6) is 1.74. The Morgan fingerprint density at radius 2 is 1.97 bits per heavy atom. The smallest absolute Gasteiger partial charge is 0.254 e. The van der Waals surface area contributed by atoms with E-state index >= 15 is 0 Å². The highest BCUT2D eigenvalue weighted by atomic mass is 35.5. The molecule has 4 rings (SSSR count). The van der Waals surface area contributed by atoms with Crippen molar-refractivity contribution in [1.82, 2.24) is 10.1 Å². The molecule has 0 radical (unpaired) electrons. The van der Waals surface area contributed by atoms with Crippen molar-refractivity contribution in [1.29, 1.82) is 0 Å². The summed E-state index contributed by atoms with van der Waals surface area (Å²) >= 11 is 5.98. The first-order chi connectivity index (χ1) is 15.6. The first-order valence-corrected chi connectivity index (χ1v) is 10.8. The van der Waals surface area contributed by atoms with Gasteiger partial charge < -0.3 is 23.6 Å². The zero-order valence-corrected chi connectivity index (χ0v) is 18.8. The van der Waals surface area contributed by atoms with Crippen LogP contribution in [0.3, 0.4) is 0 Å². The molecule has 0 N–H and O–H groups in total. The van der Waals surface area contributed by atoms with Gasteiger partial charge >= 0.3 is 0 Å². The Labute approximate surface area is 191 Å². The molecule has 168 valence electrons. The summed E-state index contributed by atoms with van der Waals surface area (Å²) in [5, 5.41) is 4.78. The highest BCUT2D eigenvalue weighted by molar-refractivity contribution is 6.30. The van der Waals surface area contributed by atoms with E-state index in [0.29, 0.717) is 40.1 Å². The van der Waals surface area contributed by atoms with Gasteiger partial charge in [-0.1, -0.05) is 16.8 Å². The minimum atomic E-state index is -0.110. The normalized spacial score (nSPS) is 15.5. The fraction of sp³-hybridized carbons (Fsp3) is 0.333. The van der Waals surface area contributed by atoms with E-state index in [4.69, 9.17) is 30.3 Å². The van der Waals surface area contributed by atoms with E-state index in [1.807, 2.05) is 24.3 Å². The number of halogens is 1. The van der Waals surface area contributed by atoms with Crippen molar-refractivity contribution in [3.05, 3.63) is 64.8 Å². The first kappa shape index (κ1) is 22.2. The predicted octanol–water partition coefficient (Wildman–Crippen LogP) is 4.83. The van der Waals surface area contributed by atoms with E-state index in [1.54, 1.807) is 43.4 Å². The Balaban J connectivity index is 1.58. The van der Waals surface area contributed by atoms with Crippen molar-refractivity contribution in [3.63, 3.8) is 0 Å². The number of methoxy groups -OCH3 is 2. The highest BCUT2D eigenvalue weighted by Gasteiger charge is 2.25. The van der Waals surface area contributed by atoms with Crippen molar-refractivity contribution in [3.8, 4) is 22.8 Å². The molecule has 0 spiro atoms. The number of rotatable bonds is 8. The van der Waals surface area contributed by atoms with Crippen molar-refractivity contribution in [2.45, 2.75) is 25.5 Å². The van der Waals surface area contributed by atoms with Crippen molar-refractivity contribution in [2.75, 3.05) is 27.4 Å². The van der Waals surface area contributed by atoms with Gasteiger partial charge in [0.1, 0.15) is 17.2 Å². The lowest BCUT2D eigenvalue weighted by atomic mass is 10.1. The summed E-state index contributed by atoms with van der Waals surface area (Å²) < 4.78 is 22.1. The molecule has 2 aromatic carbocycles. The molecule has 1 amide bonds. The van der Waals surface area contributed by atoms with Gasteiger partial charge in [-0.15, -0.1) is 0 Å². The summed E-state index contributed by atoms with van der Waals surface area (Å²) in [4.78, 5) is 15.0. The summed E-state index contributed by atoms with van der Waals surface area (Å²) in [6.07, 6.45) is 1.93. The summed E-state index contributed by atoms with van der Waals surface area (Å²) in [6, 6.07) is 14.1. The molecule has 1 aliphatic rings.